The summed E-state index contributed by atoms with van der Waals surface area (Å²) in [5, 5.41) is 0. The van der Waals surface area contributed by atoms with Gasteiger partial charge in [-0.15, -0.1) is 0 Å². The number of allylic oxidation sites excluding steroid dienone is 1. The first-order chi connectivity index (χ1) is 7.09. The number of hydrogen-bond acceptors (Lipinski definition) is 1. The summed E-state index contributed by atoms with van der Waals surface area (Å²) in [6, 6.07) is 6.82. The van der Waals surface area contributed by atoms with Crippen LogP contribution in [-0.2, 0) is 6.42 Å². The Kier molecular flexibility index (Phi) is 2.56. The van der Waals surface area contributed by atoms with Crippen LogP contribution in [0.25, 0.3) is 0 Å². The van der Waals surface area contributed by atoms with Crippen molar-refractivity contribution in [3.05, 3.63) is 41.6 Å². The van der Waals surface area contributed by atoms with E-state index in [1.54, 1.807) is 0 Å². The van der Waals surface area contributed by atoms with Gasteiger partial charge in [0.15, 0.2) is 0 Å². The van der Waals surface area contributed by atoms with E-state index in [-0.39, 0.29) is 0 Å². The van der Waals surface area contributed by atoms with Crippen LogP contribution in [0.4, 0.5) is 5.69 Å². The van der Waals surface area contributed by atoms with Crippen molar-refractivity contribution in [1.82, 2.24) is 0 Å². The lowest BCUT2D eigenvalue weighted by Crippen LogP contribution is -2.22. The van der Waals surface area contributed by atoms with E-state index >= 15 is 0 Å². The molecule has 0 atom stereocenters. The van der Waals surface area contributed by atoms with E-state index in [1.807, 2.05) is 0 Å². The van der Waals surface area contributed by atoms with Crippen molar-refractivity contribution in [3.8, 4) is 0 Å². The highest BCUT2D eigenvalue weighted by Gasteiger charge is 2.17. The molecule has 80 valence electrons. The molecule has 15 heavy (non-hydrogen) atoms. The number of nitrogens with zero attached hydrogens (tertiary/aromatic N) is 1. The molecule has 0 saturated carbocycles. The fraction of sp³-hybridized carbons (Fsp3) is 0.429. The van der Waals surface area contributed by atoms with Gasteiger partial charge in [0, 0.05) is 18.4 Å². The van der Waals surface area contributed by atoms with Gasteiger partial charge >= 0.3 is 0 Å². The van der Waals surface area contributed by atoms with Crippen molar-refractivity contribution in [2.24, 2.45) is 0 Å². The smallest absolute Gasteiger partial charge is 0.0438 e. The van der Waals surface area contributed by atoms with Crippen molar-refractivity contribution in [3.63, 3.8) is 0 Å². The van der Waals surface area contributed by atoms with Gasteiger partial charge in [-0.2, -0.15) is 0 Å². The summed E-state index contributed by atoms with van der Waals surface area (Å²) >= 11 is 0. The van der Waals surface area contributed by atoms with E-state index in [9.17, 15) is 0 Å². The summed E-state index contributed by atoms with van der Waals surface area (Å²) in [6.45, 7) is 8.56. The van der Waals surface area contributed by atoms with Gasteiger partial charge in [-0.3, -0.25) is 0 Å². The predicted octanol–water partition coefficient (Wildman–Crippen LogP) is 3.71. The van der Waals surface area contributed by atoms with Gasteiger partial charge < -0.3 is 4.90 Å². The highest BCUT2D eigenvalue weighted by atomic mass is 15.1. The highest BCUT2D eigenvalue weighted by Crippen LogP contribution is 2.32. The normalized spacial score (nSPS) is 15.7. The molecule has 1 aliphatic rings. The van der Waals surface area contributed by atoms with E-state index in [0.29, 0.717) is 5.92 Å². The zero-order chi connectivity index (χ0) is 11.0. The summed E-state index contributed by atoms with van der Waals surface area (Å²) in [7, 11) is 2.11. The van der Waals surface area contributed by atoms with E-state index in [4.69, 9.17) is 0 Å². The van der Waals surface area contributed by atoms with Crippen molar-refractivity contribution in [1.29, 1.82) is 0 Å². The number of hydrogen-bond donors (Lipinski definition) is 0. The van der Waals surface area contributed by atoms with Gasteiger partial charge in [0.1, 0.15) is 0 Å². The van der Waals surface area contributed by atoms with Crippen molar-refractivity contribution in [2.75, 3.05) is 11.9 Å². The lowest BCUT2D eigenvalue weighted by atomic mass is 9.94. The third kappa shape index (κ3) is 1.79. The summed E-state index contributed by atoms with van der Waals surface area (Å²) in [6.07, 6.45) is 2.23. The zero-order valence-corrected chi connectivity index (χ0v) is 9.88. The van der Waals surface area contributed by atoms with Crippen LogP contribution in [0.1, 0.15) is 37.3 Å². The molecule has 2 rings (SSSR count). The Morgan fingerprint density at radius 3 is 2.67 bits per heavy atom. The number of aryl methyl sites for hydroxylation is 1. The SMILES string of the molecule is C=C1CCc2cc(C(C)C)ccc2N1C. The second kappa shape index (κ2) is 3.73. The molecule has 0 N–H and O–H groups in total. The number of rotatable bonds is 1. The van der Waals surface area contributed by atoms with Gasteiger partial charge in [0.25, 0.3) is 0 Å². The Labute approximate surface area is 92.4 Å². The lowest BCUT2D eigenvalue weighted by Gasteiger charge is -2.30. The molecule has 1 aliphatic heterocycles. The quantitative estimate of drug-likeness (QED) is 0.669. The van der Waals surface area contributed by atoms with Crippen LogP contribution in [0.15, 0.2) is 30.5 Å². The second-order valence-electron chi connectivity index (χ2n) is 4.67. The Morgan fingerprint density at radius 2 is 2.00 bits per heavy atom. The summed E-state index contributed by atoms with van der Waals surface area (Å²) in [4.78, 5) is 2.21. The van der Waals surface area contributed by atoms with Crippen LogP contribution >= 0.6 is 0 Å². The molecule has 0 aromatic heterocycles. The maximum Gasteiger partial charge on any atom is 0.0438 e. The van der Waals surface area contributed by atoms with Gasteiger partial charge in [-0.05, 0) is 36.0 Å². The molecule has 1 nitrogen and oxygen atoms in total. The lowest BCUT2D eigenvalue weighted by molar-refractivity contribution is 0.823. The highest BCUT2D eigenvalue weighted by molar-refractivity contribution is 5.60. The molecule has 0 aliphatic carbocycles. The maximum absolute atomic E-state index is 4.08. The van der Waals surface area contributed by atoms with Crippen molar-refractivity contribution < 1.29 is 0 Å². The first kappa shape index (κ1) is 10.3. The second-order valence-corrected chi connectivity index (χ2v) is 4.67. The fourth-order valence-corrected chi connectivity index (χ4v) is 2.11. The molecule has 0 bridgehead atoms. The van der Waals surface area contributed by atoms with Crippen LogP contribution in [0.2, 0.25) is 0 Å². The molecule has 0 spiro atoms. The average Bonchev–Trinajstić information content (AvgIpc) is 2.23. The molecule has 1 heteroatoms. The molecular formula is C14H19N. The minimum Gasteiger partial charge on any atom is -0.349 e. The maximum atomic E-state index is 4.08. The molecule has 0 unspecified atom stereocenters. The van der Waals surface area contributed by atoms with Gasteiger partial charge in [0.05, 0.1) is 0 Å². The molecule has 1 aromatic rings. The van der Waals surface area contributed by atoms with Gasteiger partial charge in [-0.25, -0.2) is 0 Å². The van der Waals surface area contributed by atoms with Crippen LogP contribution in [0.3, 0.4) is 0 Å². The van der Waals surface area contributed by atoms with E-state index in [1.165, 1.54) is 22.5 Å². The number of anilines is 1. The zero-order valence-electron chi connectivity index (χ0n) is 9.88. The molecule has 0 fully saturated rings. The standard InChI is InChI=1S/C14H19N/c1-10(2)12-7-8-14-13(9-12)6-5-11(3)15(14)4/h7-10H,3,5-6H2,1-2,4H3. The van der Waals surface area contributed by atoms with Gasteiger partial charge in [0.2, 0.25) is 0 Å². The summed E-state index contributed by atoms with van der Waals surface area (Å²) in [5.41, 5.74) is 5.46. The Morgan fingerprint density at radius 1 is 1.27 bits per heavy atom. The molecule has 0 amide bonds. The summed E-state index contributed by atoms with van der Waals surface area (Å²) < 4.78 is 0. The Hall–Kier alpha value is -1.24. The average molecular weight is 201 g/mol. The largest absolute Gasteiger partial charge is 0.349 e. The third-order valence-corrected chi connectivity index (χ3v) is 3.29. The first-order valence-corrected chi connectivity index (χ1v) is 5.64. The number of benzene rings is 1. The molecule has 1 aromatic carbocycles. The Bertz CT molecular complexity index is 390. The van der Waals surface area contributed by atoms with E-state index in [0.717, 1.165) is 12.8 Å². The molecule has 1 heterocycles. The van der Waals surface area contributed by atoms with Crippen LogP contribution in [0, 0.1) is 0 Å². The molecule has 0 radical (unpaired) electrons. The van der Waals surface area contributed by atoms with Crippen molar-refractivity contribution in [2.45, 2.75) is 32.6 Å². The first-order valence-electron chi connectivity index (χ1n) is 5.64. The molecule has 0 saturated heterocycles. The third-order valence-electron chi connectivity index (χ3n) is 3.29. The van der Waals surface area contributed by atoms with Gasteiger partial charge in [-0.1, -0.05) is 32.6 Å². The summed E-state index contributed by atoms with van der Waals surface area (Å²) in [5.74, 6) is 0.616. The van der Waals surface area contributed by atoms with Crippen LogP contribution < -0.4 is 4.90 Å². The Balaban J connectivity index is 2.42. The van der Waals surface area contributed by atoms with Crippen molar-refractivity contribution >= 4 is 5.69 Å². The van der Waals surface area contributed by atoms with Crippen LogP contribution in [0.5, 0.6) is 0 Å². The monoisotopic (exact) mass is 201 g/mol. The minimum absolute atomic E-state index is 0.616. The van der Waals surface area contributed by atoms with E-state index < -0.39 is 0 Å². The number of fused-ring (bicyclic) bond motifs is 1. The molecular weight excluding hydrogens is 182 g/mol. The minimum atomic E-state index is 0.616. The van der Waals surface area contributed by atoms with Crippen LogP contribution in [-0.4, -0.2) is 7.05 Å². The van der Waals surface area contributed by atoms with E-state index in [2.05, 4.69) is 50.6 Å². The predicted molar refractivity (Wildman–Crippen MR) is 66.4 cm³/mol. The topological polar surface area (TPSA) is 3.24 Å². The fourth-order valence-electron chi connectivity index (χ4n) is 2.11.